The Hall–Kier alpha value is -3.98. The number of hydrogen-bond acceptors (Lipinski definition) is 7. The number of Topliss-reactive ketones (excluding diaryl/α,β-unsaturated/α-hetero) is 1. The van der Waals surface area contributed by atoms with Crippen molar-refractivity contribution in [1.29, 1.82) is 0 Å². The lowest BCUT2D eigenvalue weighted by molar-refractivity contribution is -0.117. The number of thiazole rings is 1. The highest BCUT2D eigenvalue weighted by Gasteiger charge is 2.46. The smallest absolute Gasteiger partial charge is 0.296 e. The van der Waals surface area contributed by atoms with Gasteiger partial charge in [-0.15, -0.1) is 0 Å². The molecule has 5 rings (SSSR count). The summed E-state index contributed by atoms with van der Waals surface area (Å²) in [6, 6.07) is 13.3. The Morgan fingerprint density at radius 3 is 2.83 bits per heavy atom. The minimum absolute atomic E-state index is 0.00505. The first-order chi connectivity index (χ1) is 17.5. The lowest BCUT2D eigenvalue weighted by atomic mass is 9.95. The van der Waals surface area contributed by atoms with Crippen LogP contribution in [0.2, 0.25) is 0 Å². The minimum atomic E-state index is -0.986. The number of carbonyl (C=O) groups excluding carboxylic acids is 2. The number of unbranched alkanes of at least 4 members (excludes halogenated alkanes) is 2. The molecule has 0 saturated heterocycles. The van der Waals surface area contributed by atoms with E-state index in [2.05, 4.69) is 11.9 Å². The molecule has 1 amide bonds. The summed E-state index contributed by atoms with van der Waals surface area (Å²) in [6.07, 6.45) is 4.36. The molecule has 0 spiro atoms. The average molecular weight is 507 g/mol. The van der Waals surface area contributed by atoms with Gasteiger partial charge in [0.05, 0.1) is 34.7 Å². The third kappa shape index (κ3) is 4.37. The molecule has 184 valence electrons. The highest BCUT2D eigenvalue weighted by Crippen LogP contribution is 2.44. The third-order valence-electron chi connectivity index (χ3n) is 5.93. The molecule has 3 heterocycles. The minimum Gasteiger partial charge on any atom is -0.503 e. The quantitative estimate of drug-likeness (QED) is 0.209. The molecular weight excluding hydrogens is 483 g/mol. The van der Waals surface area contributed by atoms with Gasteiger partial charge in [0, 0.05) is 0 Å². The zero-order valence-corrected chi connectivity index (χ0v) is 20.3. The normalized spacial score (nSPS) is 15.8. The largest absolute Gasteiger partial charge is 0.503 e. The van der Waals surface area contributed by atoms with Crippen LogP contribution in [0, 0.1) is 5.82 Å². The van der Waals surface area contributed by atoms with Gasteiger partial charge in [-0.25, -0.2) is 9.37 Å². The third-order valence-corrected chi connectivity index (χ3v) is 6.95. The predicted octanol–water partition coefficient (Wildman–Crippen LogP) is 6.38. The average Bonchev–Trinajstić information content (AvgIpc) is 3.60. The monoisotopic (exact) mass is 506 g/mol. The van der Waals surface area contributed by atoms with E-state index in [9.17, 15) is 19.1 Å². The first-order valence-electron chi connectivity index (χ1n) is 11.6. The summed E-state index contributed by atoms with van der Waals surface area (Å²) in [5.41, 5.74) is 0.936. The summed E-state index contributed by atoms with van der Waals surface area (Å²) in [5, 5.41) is 11.1. The van der Waals surface area contributed by atoms with Gasteiger partial charge in [-0.1, -0.05) is 43.2 Å². The molecule has 1 aliphatic heterocycles. The number of furan rings is 1. The Morgan fingerprint density at radius 2 is 2.06 bits per heavy atom. The van der Waals surface area contributed by atoms with Gasteiger partial charge in [-0.3, -0.25) is 14.5 Å². The number of halogens is 1. The van der Waals surface area contributed by atoms with E-state index in [1.807, 2.05) is 0 Å². The van der Waals surface area contributed by atoms with Gasteiger partial charge in [0.2, 0.25) is 5.78 Å². The van der Waals surface area contributed by atoms with Crippen LogP contribution in [0.1, 0.15) is 48.3 Å². The number of carbonyl (C=O) groups is 2. The first kappa shape index (κ1) is 23.7. The van der Waals surface area contributed by atoms with Crippen LogP contribution < -0.4 is 9.64 Å². The second-order valence-electron chi connectivity index (χ2n) is 8.38. The maximum absolute atomic E-state index is 13.8. The molecule has 0 fully saturated rings. The summed E-state index contributed by atoms with van der Waals surface area (Å²) >= 11 is 1.10. The van der Waals surface area contributed by atoms with Gasteiger partial charge in [-0.2, -0.15) is 0 Å². The number of anilines is 1. The second kappa shape index (κ2) is 9.94. The molecule has 2 aromatic heterocycles. The van der Waals surface area contributed by atoms with E-state index < -0.39 is 29.3 Å². The Labute approximate surface area is 210 Å². The number of aliphatic hydroxyl groups excluding tert-OH is 1. The van der Waals surface area contributed by atoms with Crippen LogP contribution >= 0.6 is 11.3 Å². The Balaban J connectivity index is 1.59. The number of fused-ring (bicyclic) bond motifs is 1. The van der Waals surface area contributed by atoms with Crippen molar-refractivity contribution >= 4 is 38.4 Å². The van der Waals surface area contributed by atoms with E-state index in [-0.39, 0.29) is 16.5 Å². The molecule has 2 aromatic carbocycles. The van der Waals surface area contributed by atoms with Crippen molar-refractivity contribution in [1.82, 2.24) is 4.98 Å². The van der Waals surface area contributed by atoms with Gasteiger partial charge >= 0.3 is 0 Å². The van der Waals surface area contributed by atoms with Gasteiger partial charge in [-0.05, 0) is 54.4 Å². The van der Waals surface area contributed by atoms with Crippen LogP contribution in [0.25, 0.3) is 10.2 Å². The van der Waals surface area contributed by atoms with E-state index in [0.29, 0.717) is 28.1 Å². The van der Waals surface area contributed by atoms with Crippen molar-refractivity contribution in [3.05, 3.63) is 89.3 Å². The maximum atomic E-state index is 13.8. The molecule has 1 unspecified atom stereocenters. The summed E-state index contributed by atoms with van der Waals surface area (Å²) in [4.78, 5) is 32.5. The summed E-state index contributed by atoms with van der Waals surface area (Å²) in [7, 11) is 0. The molecule has 1 aliphatic rings. The SMILES string of the molecule is CCCCCOc1cccc(C2C(C(=O)c3ccco3)=C(O)C(=O)N2c2nc3ccc(F)cc3s2)c1. The van der Waals surface area contributed by atoms with Gasteiger partial charge in [0.25, 0.3) is 5.91 Å². The summed E-state index contributed by atoms with van der Waals surface area (Å²) < 4.78 is 25.5. The van der Waals surface area contributed by atoms with Crippen LogP contribution in [0.3, 0.4) is 0 Å². The predicted molar refractivity (Wildman–Crippen MR) is 134 cm³/mol. The molecule has 0 aliphatic carbocycles. The molecule has 4 aromatic rings. The van der Waals surface area contributed by atoms with Crippen LogP contribution in [0.4, 0.5) is 9.52 Å². The number of aromatic nitrogens is 1. The number of ether oxygens (including phenoxy) is 1. The molecule has 0 radical (unpaired) electrons. The number of ketones is 1. The first-order valence-corrected chi connectivity index (χ1v) is 12.4. The fraction of sp³-hybridized carbons (Fsp3) is 0.222. The molecule has 0 bridgehead atoms. The molecule has 9 heteroatoms. The lowest BCUT2D eigenvalue weighted by Crippen LogP contribution is -2.31. The van der Waals surface area contributed by atoms with Crippen LogP contribution in [0.15, 0.2) is 76.6 Å². The lowest BCUT2D eigenvalue weighted by Gasteiger charge is -2.24. The van der Waals surface area contributed by atoms with E-state index in [1.54, 1.807) is 30.3 Å². The number of hydrogen-bond donors (Lipinski definition) is 1. The molecular formula is C27H23FN2O5S. The van der Waals surface area contributed by atoms with E-state index in [4.69, 9.17) is 9.15 Å². The molecule has 1 N–H and O–H groups in total. The molecule has 36 heavy (non-hydrogen) atoms. The standard InChI is InChI=1S/C27H23FN2O5S/c1-2-3-4-12-34-18-8-5-7-16(14-18)23-22(24(31)20-9-6-13-35-20)25(32)26(33)30(23)27-29-19-11-10-17(28)15-21(19)36-27/h5-11,13-15,23,32H,2-4,12H2,1H3. The zero-order chi connectivity index (χ0) is 25.2. The fourth-order valence-electron chi connectivity index (χ4n) is 4.20. The Bertz CT molecular complexity index is 1460. The number of benzene rings is 2. The number of rotatable bonds is 9. The fourth-order valence-corrected chi connectivity index (χ4v) is 5.21. The van der Waals surface area contributed by atoms with Crippen molar-refractivity contribution in [3.63, 3.8) is 0 Å². The van der Waals surface area contributed by atoms with Crippen molar-refractivity contribution in [2.75, 3.05) is 11.5 Å². The molecule has 7 nitrogen and oxygen atoms in total. The highest BCUT2D eigenvalue weighted by atomic mass is 32.1. The van der Waals surface area contributed by atoms with Gasteiger partial charge in [0.15, 0.2) is 16.7 Å². The topological polar surface area (TPSA) is 92.9 Å². The van der Waals surface area contributed by atoms with Crippen LogP contribution in [0.5, 0.6) is 5.75 Å². The zero-order valence-electron chi connectivity index (χ0n) is 19.4. The number of amides is 1. The van der Waals surface area contributed by atoms with Crippen LogP contribution in [-0.2, 0) is 4.79 Å². The highest BCUT2D eigenvalue weighted by molar-refractivity contribution is 7.22. The second-order valence-corrected chi connectivity index (χ2v) is 9.39. The van der Waals surface area contributed by atoms with E-state index in [0.717, 1.165) is 30.6 Å². The van der Waals surface area contributed by atoms with E-state index in [1.165, 1.54) is 35.4 Å². The number of nitrogens with zero attached hydrogens (tertiary/aromatic N) is 2. The van der Waals surface area contributed by atoms with Crippen molar-refractivity contribution in [2.24, 2.45) is 0 Å². The van der Waals surface area contributed by atoms with Crippen molar-refractivity contribution in [2.45, 2.75) is 32.2 Å². The Kier molecular flexibility index (Phi) is 6.56. The van der Waals surface area contributed by atoms with Gasteiger partial charge in [0.1, 0.15) is 11.6 Å². The maximum Gasteiger partial charge on any atom is 0.296 e. The van der Waals surface area contributed by atoms with Crippen molar-refractivity contribution < 1.29 is 28.2 Å². The van der Waals surface area contributed by atoms with Crippen LogP contribution in [-0.4, -0.2) is 28.4 Å². The molecule has 1 atom stereocenters. The van der Waals surface area contributed by atoms with E-state index >= 15 is 0 Å². The van der Waals surface area contributed by atoms with Gasteiger partial charge < -0.3 is 14.3 Å². The summed E-state index contributed by atoms with van der Waals surface area (Å²) in [6.45, 7) is 2.65. The Morgan fingerprint density at radius 1 is 1.19 bits per heavy atom. The number of aliphatic hydroxyl groups is 1. The van der Waals surface area contributed by atoms with Crippen molar-refractivity contribution in [3.8, 4) is 5.75 Å². The molecule has 0 saturated carbocycles. The summed E-state index contributed by atoms with van der Waals surface area (Å²) in [5.74, 6) is -1.91.